The largest absolute Gasteiger partial charge is 0.322 e. The van der Waals surface area contributed by atoms with Crippen LogP contribution in [0.1, 0.15) is 39.7 Å². The van der Waals surface area contributed by atoms with Crippen molar-refractivity contribution in [3.05, 3.63) is 12.4 Å². The molecule has 1 aromatic rings. The molecule has 2 rings (SSSR count). The third kappa shape index (κ3) is 2.49. The summed E-state index contributed by atoms with van der Waals surface area (Å²) >= 11 is 0. The summed E-state index contributed by atoms with van der Waals surface area (Å²) in [4.78, 5) is 12.1. The van der Waals surface area contributed by atoms with Gasteiger partial charge >= 0.3 is 0 Å². The lowest BCUT2D eigenvalue weighted by molar-refractivity contribution is -0.121. The minimum absolute atomic E-state index is 0.0262. The first-order valence-electron chi connectivity index (χ1n) is 6.12. The first kappa shape index (κ1) is 12.1. The number of anilines is 1. The van der Waals surface area contributed by atoms with E-state index in [-0.39, 0.29) is 5.91 Å². The standard InChI is InChI=1S/C12H20N4O/c1-9(2)16-8-10(7-14-16)15-11(17)12(3)5-4-6-13-12/h7-9,13H,4-6H2,1-3H3,(H,15,17). The second-order valence-corrected chi connectivity index (χ2v) is 5.12. The van der Waals surface area contributed by atoms with Crippen LogP contribution < -0.4 is 10.6 Å². The van der Waals surface area contributed by atoms with E-state index < -0.39 is 5.54 Å². The molecule has 0 spiro atoms. The number of hydrogen-bond acceptors (Lipinski definition) is 3. The van der Waals surface area contributed by atoms with E-state index in [2.05, 4.69) is 29.6 Å². The van der Waals surface area contributed by atoms with Crippen molar-refractivity contribution >= 4 is 11.6 Å². The topological polar surface area (TPSA) is 59.0 Å². The molecule has 0 aromatic carbocycles. The molecule has 0 aliphatic carbocycles. The number of nitrogens with one attached hydrogen (secondary N) is 2. The minimum Gasteiger partial charge on any atom is -0.322 e. The second-order valence-electron chi connectivity index (χ2n) is 5.12. The van der Waals surface area contributed by atoms with Crippen LogP contribution in [0.2, 0.25) is 0 Å². The molecule has 1 atom stereocenters. The second kappa shape index (κ2) is 4.49. The molecule has 1 amide bonds. The summed E-state index contributed by atoms with van der Waals surface area (Å²) in [5.41, 5.74) is 0.332. The number of rotatable bonds is 3. The Kier molecular flexibility index (Phi) is 3.19. The van der Waals surface area contributed by atoms with Crippen LogP contribution in [-0.4, -0.2) is 27.8 Å². The first-order valence-corrected chi connectivity index (χ1v) is 6.12. The van der Waals surface area contributed by atoms with Gasteiger partial charge in [0, 0.05) is 12.2 Å². The lowest BCUT2D eigenvalue weighted by atomic mass is 9.99. The maximum Gasteiger partial charge on any atom is 0.244 e. The Labute approximate surface area is 102 Å². The highest BCUT2D eigenvalue weighted by atomic mass is 16.2. The van der Waals surface area contributed by atoms with Gasteiger partial charge in [0.2, 0.25) is 5.91 Å². The zero-order valence-corrected chi connectivity index (χ0v) is 10.7. The van der Waals surface area contributed by atoms with E-state index in [9.17, 15) is 4.79 Å². The molecule has 0 bridgehead atoms. The molecular weight excluding hydrogens is 216 g/mol. The van der Waals surface area contributed by atoms with Crippen LogP contribution in [0.15, 0.2) is 12.4 Å². The van der Waals surface area contributed by atoms with Crippen molar-refractivity contribution in [1.82, 2.24) is 15.1 Å². The Morgan fingerprint density at radius 2 is 2.41 bits per heavy atom. The molecule has 5 nitrogen and oxygen atoms in total. The summed E-state index contributed by atoms with van der Waals surface area (Å²) in [6.07, 6.45) is 5.49. The zero-order valence-electron chi connectivity index (χ0n) is 10.7. The van der Waals surface area contributed by atoms with Crippen molar-refractivity contribution in [2.75, 3.05) is 11.9 Å². The maximum absolute atomic E-state index is 12.1. The molecule has 5 heteroatoms. The Hall–Kier alpha value is -1.36. The summed E-state index contributed by atoms with van der Waals surface area (Å²) in [5.74, 6) is 0.0262. The normalized spacial score (nSPS) is 24.2. The van der Waals surface area contributed by atoms with E-state index in [0.717, 1.165) is 25.1 Å². The van der Waals surface area contributed by atoms with E-state index >= 15 is 0 Å². The molecular formula is C12H20N4O. The third-order valence-electron chi connectivity index (χ3n) is 3.26. The highest BCUT2D eigenvalue weighted by Crippen LogP contribution is 2.21. The number of aromatic nitrogens is 2. The molecule has 94 valence electrons. The predicted molar refractivity (Wildman–Crippen MR) is 66.9 cm³/mol. The summed E-state index contributed by atoms with van der Waals surface area (Å²) in [5, 5.41) is 10.4. The van der Waals surface area contributed by atoms with Gasteiger partial charge in [0.15, 0.2) is 0 Å². The Morgan fingerprint density at radius 3 is 2.94 bits per heavy atom. The number of carbonyl (C=O) groups excluding carboxylic acids is 1. The number of amides is 1. The van der Waals surface area contributed by atoms with Gasteiger partial charge in [-0.05, 0) is 40.2 Å². The maximum atomic E-state index is 12.1. The molecule has 0 radical (unpaired) electrons. The van der Waals surface area contributed by atoms with Gasteiger partial charge in [-0.15, -0.1) is 0 Å². The van der Waals surface area contributed by atoms with Crippen molar-refractivity contribution in [1.29, 1.82) is 0 Å². The average molecular weight is 236 g/mol. The van der Waals surface area contributed by atoms with Crippen LogP contribution >= 0.6 is 0 Å². The fourth-order valence-corrected chi connectivity index (χ4v) is 2.04. The lowest BCUT2D eigenvalue weighted by Crippen LogP contribution is -2.47. The van der Waals surface area contributed by atoms with Crippen LogP contribution in [0.5, 0.6) is 0 Å². The first-order chi connectivity index (χ1) is 8.01. The van der Waals surface area contributed by atoms with Crippen LogP contribution in [0.4, 0.5) is 5.69 Å². The van der Waals surface area contributed by atoms with Crippen LogP contribution in [0, 0.1) is 0 Å². The Morgan fingerprint density at radius 1 is 1.65 bits per heavy atom. The van der Waals surface area contributed by atoms with Gasteiger partial charge in [-0.3, -0.25) is 9.48 Å². The quantitative estimate of drug-likeness (QED) is 0.837. The number of carbonyl (C=O) groups is 1. The van der Waals surface area contributed by atoms with Gasteiger partial charge < -0.3 is 10.6 Å². The van der Waals surface area contributed by atoms with E-state index in [1.807, 2.05) is 17.8 Å². The van der Waals surface area contributed by atoms with Crippen molar-refractivity contribution < 1.29 is 4.79 Å². The molecule has 0 saturated carbocycles. The summed E-state index contributed by atoms with van der Waals surface area (Å²) in [6, 6.07) is 0.306. The molecule has 1 saturated heterocycles. The molecule has 1 unspecified atom stereocenters. The zero-order chi connectivity index (χ0) is 12.5. The van der Waals surface area contributed by atoms with Crippen molar-refractivity contribution in [3.63, 3.8) is 0 Å². The monoisotopic (exact) mass is 236 g/mol. The van der Waals surface area contributed by atoms with E-state index in [1.54, 1.807) is 6.20 Å². The summed E-state index contributed by atoms with van der Waals surface area (Å²) in [7, 11) is 0. The van der Waals surface area contributed by atoms with E-state index in [1.165, 1.54) is 0 Å². The highest BCUT2D eigenvalue weighted by Gasteiger charge is 2.35. The Balaban J connectivity index is 2.02. The Bertz CT molecular complexity index is 404. The fourth-order valence-electron chi connectivity index (χ4n) is 2.04. The smallest absolute Gasteiger partial charge is 0.244 e. The molecule has 1 aliphatic rings. The summed E-state index contributed by atoms with van der Waals surface area (Å²) in [6.45, 7) is 6.97. The van der Waals surface area contributed by atoms with Crippen LogP contribution in [0.25, 0.3) is 0 Å². The van der Waals surface area contributed by atoms with Crippen molar-refractivity contribution in [2.45, 2.75) is 45.2 Å². The van der Waals surface area contributed by atoms with Crippen molar-refractivity contribution in [3.8, 4) is 0 Å². The van der Waals surface area contributed by atoms with Gasteiger partial charge in [0.1, 0.15) is 0 Å². The van der Waals surface area contributed by atoms with Gasteiger partial charge in [-0.2, -0.15) is 5.10 Å². The van der Waals surface area contributed by atoms with E-state index in [0.29, 0.717) is 6.04 Å². The SMILES string of the molecule is CC(C)n1cc(NC(=O)C2(C)CCCN2)cn1. The van der Waals surface area contributed by atoms with Gasteiger partial charge in [-0.1, -0.05) is 0 Å². The third-order valence-corrected chi connectivity index (χ3v) is 3.26. The number of nitrogens with zero attached hydrogens (tertiary/aromatic N) is 2. The fraction of sp³-hybridized carbons (Fsp3) is 0.667. The molecule has 17 heavy (non-hydrogen) atoms. The lowest BCUT2D eigenvalue weighted by Gasteiger charge is -2.22. The highest BCUT2D eigenvalue weighted by molar-refractivity contribution is 5.97. The average Bonchev–Trinajstić information content (AvgIpc) is 2.88. The number of hydrogen-bond donors (Lipinski definition) is 2. The molecule has 1 fully saturated rings. The summed E-state index contributed by atoms with van der Waals surface area (Å²) < 4.78 is 1.83. The van der Waals surface area contributed by atoms with Gasteiger partial charge in [0.25, 0.3) is 0 Å². The van der Waals surface area contributed by atoms with Crippen molar-refractivity contribution in [2.24, 2.45) is 0 Å². The van der Waals surface area contributed by atoms with Crippen LogP contribution in [0.3, 0.4) is 0 Å². The van der Waals surface area contributed by atoms with Gasteiger partial charge in [0.05, 0.1) is 17.4 Å². The van der Waals surface area contributed by atoms with Crippen LogP contribution in [-0.2, 0) is 4.79 Å². The molecule has 2 N–H and O–H groups in total. The molecule has 1 aliphatic heterocycles. The van der Waals surface area contributed by atoms with Gasteiger partial charge in [-0.25, -0.2) is 0 Å². The molecule has 1 aromatic heterocycles. The minimum atomic E-state index is -0.431. The predicted octanol–water partition coefficient (Wildman–Crippen LogP) is 1.54. The van der Waals surface area contributed by atoms with E-state index in [4.69, 9.17) is 0 Å². The molecule has 2 heterocycles.